The van der Waals surface area contributed by atoms with Gasteiger partial charge >= 0.3 is 6.09 Å². The van der Waals surface area contributed by atoms with Crippen LogP contribution in [0.4, 0.5) is 20.6 Å². The minimum absolute atomic E-state index is 0.0560. The highest BCUT2D eigenvalue weighted by Crippen LogP contribution is 2.44. The molecule has 33 heavy (non-hydrogen) atoms. The maximum atomic E-state index is 15.2. The summed E-state index contributed by atoms with van der Waals surface area (Å²) in [5.41, 5.74) is 0.686. The first-order valence-electron chi connectivity index (χ1n) is 12.5. The van der Waals surface area contributed by atoms with Gasteiger partial charge in [-0.2, -0.15) is 0 Å². The third-order valence-electron chi connectivity index (χ3n) is 8.58. The number of carbonyl (C=O) groups is 2. The second kappa shape index (κ2) is 8.78. The topological polar surface area (TPSA) is 67.3 Å². The number of piperidine rings is 2. The maximum absolute atomic E-state index is 15.2. The zero-order valence-corrected chi connectivity index (χ0v) is 19.5. The Kier molecular flexibility index (Phi) is 5.97. The van der Waals surface area contributed by atoms with Gasteiger partial charge in [-0.05, 0) is 70.2 Å². The number of nitrogens with zero attached hydrogens (tertiary/aromatic N) is 4. The summed E-state index contributed by atoms with van der Waals surface area (Å²) >= 11 is 0. The summed E-state index contributed by atoms with van der Waals surface area (Å²) in [6.45, 7) is 6.55. The van der Waals surface area contributed by atoms with E-state index in [-0.39, 0.29) is 11.7 Å². The van der Waals surface area contributed by atoms with Crippen molar-refractivity contribution in [1.82, 2.24) is 9.80 Å². The number of rotatable bonds is 3. The van der Waals surface area contributed by atoms with Gasteiger partial charge in [-0.25, -0.2) is 9.18 Å². The SMILES string of the molecule is C[C@H]1CCCCN1[C@H]1CCN(c2ccc(N3CCC4(CCN(C(=O)O)CC4)C3=O)c(F)c2)C1. The zero-order valence-electron chi connectivity index (χ0n) is 19.5. The molecule has 4 aliphatic heterocycles. The first-order chi connectivity index (χ1) is 15.9. The average molecular weight is 459 g/mol. The number of hydrogen-bond acceptors (Lipinski definition) is 4. The molecule has 2 atom stereocenters. The quantitative estimate of drug-likeness (QED) is 0.747. The van der Waals surface area contributed by atoms with Gasteiger partial charge < -0.3 is 19.8 Å². The molecule has 0 aliphatic carbocycles. The third kappa shape index (κ3) is 4.07. The van der Waals surface area contributed by atoms with Crippen molar-refractivity contribution in [3.63, 3.8) is 0 Å². The third-order valence-corrected chi connectivity index (χ3v) is 8.58. The van der Waals surface area contributed by atoms with Crippen LogP contribution >= 0.6 is 0 Å². The van der Waals surface area contributed by atoms with Crippen LogP contribution in [0.3, 0.4) is 0 Å². The summed E-state index contributed by atoms with van der Waals surface area (Å²) in [6.07, 6.45) is 5.69. The number of likely N-dealkylation sites (tertiary alicyclic amines) is 2. The fourth-order valence-electron chi connectivity index (χ4n) is 6.46. The molecule has 0 unspecified atom stereocenters. The molecule has 0 bridgehead atoms. The molecular formula is C25H35FN4O3. The Morgan fingerprint density at radius 1 is 1.06 bits per heavy atom. The minimum atomic E-state index is -0.937. The molecule has 4 aliphatic rings. The molecule has 2 amide bonds. The summed E-state index contributed by atoms with van der Waals surface area (Å²) < 4.78 is 15.2. The smallest absolute Gasteiger partial charge is 0.407 e. The lowest BCUT2D eigenvalue weighted by atomic mass is 9.77. The Morgan fingerprint density at radius 2 is 1.82 bits per heavy atom. The van der Waals surface area contributed by atoms with E-state index in [2.05, 4.69) is 16.7 Å². The Hall–Kier alpha value is -2.35. The van der Waals surface area contributed by atoms with Gasteiger partial charge in [0.2, 0.25) is 5.91 Å². The first-order valence-corrected chi connectivity index (χ1v) is 12.5. The van der Waals surface area contributed by atoms with Crippen LogP contribution < -0.4 is 9.80 Å². The normalized spacial score (nSPS) is 28.2. The fourth-order valence-corrected chi connectivity index (χ4v) is 6.46. The van der Waals surface area contributed by atoms with E-state index in [1.807, 2.05) is 6.07 Å². The molecule has 0 aromatic heterocycles. The van der Waals surface area contributed by atoms with Crippen molar-refractivity contribution < 1.29 is 19.1 Å². The van der Waals surface area contributed by atoms with Crippen LogP contribution in [-0.2, 0) is 4.79 Å². The molecule has 0 radical (unpaired) electrons. The summed E-state index contributed by atoms with van der Waals surface area (Å²) in [4.78, 5) is 32.3. The molecule has 4 saturated heterocycles. The summed E-state index contributed by atoms with van der Waals surface area (Å²) in [7, 11) is 0. The molecule has 7 nitrogen and oxygen atoms in total. The van der Waals surface area contributed by atoms with Gasteiger partial charge in [-0.1, -0.05) is 6.42 Å². The summed E-state index contributed by atoms with van der Waals surface area (Å²) in [6, 6.07) is 6.44. The van der Waals surface area contributed by atoms with Gasteiger partial charge in [0, 0.05) is 50.5 Å². The maximum Gasteiger partial charge on any atom is 0.407 e. The lowest BCUT2D eigenvalue weighted by Crippen LogP contribution is -2.46. The lowest BCUT2D eigenvalue weighted by Gasteiger charge is -2.38. The average Bonchev–Trinajstić information content (AvgIpc) is 3.41. The number of halogens is 1. The highest BCUT2D eigenvalue weighted by Gasteiger charge is 2.49. The van der Waals surface area contributed by atoms with Crippen molar-refractivity contribution in [3.05, 3.63) is 24.0 Å². The first kappa shape index (κ1) is 22.4. The number of amides is 2. The van der Waals surface area contributed by atoms with Crippen molar-refractivity contribution in [2.24, 2.45) is 5.41 Å². The molecule has 8 heteroatoms. The lowest BCUT2D eigenvalue weighted by molar-refractivity contribution is -0.127. The van der Waals surface area contributed by atoms with Crippen LogP contribution in [0.15, 0.2) is 18.2 Å². The second-order valence-electron chi connectivity index (χ2n) is 10.4. The number of hydrogen-bond donors (Lipinski definition) is 1. The molecule has 4 heterocycles. The van der Waals surface area contributed by atoms with Gasteiger partial charge in [0.1, 0.15) is 5.82 Å². The van der Waals surface area contributed by atoms with Crippen LogP contribution in [0.5, 0.6) is 0 Å². The van der Waals surface area contributed by atoms with Crippen molar-refractivity contribution in [3.8, 4) is 0 Å². The van der Waals surface area contributed by atoms with Crippen molar-refractivity contribution in [2.75, 3.05) is 49.1 Å². The number of benzene rings is 1. The molecule has 0 saturated carbocycles. The molecular weight excluding hydrogens is 423 g/mol. The molecule has 4 fully saturated rings. The van der Waals surface area contributed by atoms with Crippen LogP contribution in [-0.4, -0.2) is 78.3 Å². The molecule has 1 N–H and O–H groups in total. The molecule has 1 aromatic rings. The van der Waals surface area contributed by atoms with Crippen LogP contribution in [0.1, 0.15) is 51.9 Å². The largest absolute Gasteiger partial charge is 0.465 e. The Labute approximate surface area is 195 Å². The Bertz CT molecular complexity index is 917. The van der Waals surface area contributed by atoms with Crippen LogP contribution in [0.25, 0.3) is 0 Å². The predicted octanol–water partition coefficient (Wildman–Crippen LogP) is 3.78. The standard InChI is InChI=1S/C25H35FN4O3/c1-18-4-2-3-11-29(18)20-7-12-28(17-20)19-5-6-22(21(26)16-19)30-15-10-25(23(30)31)8-13-27(14-9-25)24(32)33/h5-6,16,18,20H,2-4,7-15,17H2,1H3,(H,32,33)/t18-,20-/m0/s1. The zero-order chi connectivity index (χ0) is 23.2. The highest BCUT2D eigenvalue weighted by molar-refractivity contribution is 6.00. The summed E-state index contributed by atoms with van der Waals surface area (Å²) in [5, 5.41) is 9.20. The predicted molar refractivity (Wildman–Crippen MR) is 125 cm³/mol. The van der Waals surface area contributed by atoms with E-state index in [1.165, 1.54) is 24.2 Å². The van der Waals surface area contributed by atoms with Gasteiger partial charge in [0.25, 0.3) is 0 Å². The molecule has 5 rings (SSSR count). The van der Waals surface area contributed by atoms with Crippen molar-refractivity contribution >= 4 is 23.4 Å². The van der Waals surface area contributed by atoms with Crippen LogP contribution in [0.2, 0.25) is 0 Å². The van der Waals surface area contributed by atoms with Gasteiger partial charge in [0.15, 0.2) is 0 Å². The van der Waals surface area contributed by atoms with E-state index in [0.717, 1.165) is 31.7 Å². The number of carboxylic acid groups (broad SMARTS) is 1. The number of anilines is 2. The summed E-state index contributed by atoms with van der Waals surface area (Å²) in [5.74, 6) is -0.407. The second-order valence-corrected chi connectivity index (χ2v) is 10.4. The Morgan fingerprint density at radius 3 is 2.52 bits per heavy atom. The van der Waals surface area contributed by atoms with Crippen molar-refractivity contribution in [2.45, 2.75) is 64.0 Å². The van der Waals surface area contributed by atoms with Crippen LogP contribution in [0, 0.1) is 11.2 Å². The molecule has 1 spiro atoms. The van der Waals surface area contributed by atoms with E-state index in [9.17, 15) is 14.7 Å². The fraction of sp³-hybridized carbons (Fsp3) is 0.680. The van der Waals surface area contributed by atoms with E-state index in [0.29, 0.717) is 56.7 Å². The van der Waals surface area contributed by atoms with E-state index < -0.39 is 11.5 Å². The van der Waals surface area contributed by atoms with E-state index >= 15 is 4.39 Å². The van der Waals surface area contributed by atoms with Gasteiger partial charge in [0.05, 0.1) is 11.1 Å². The number of carbonyl (C=O) groups excluding carboxylic acids is 1. The van der Waals surface area contributed by atoms with Crippen molar-refractivity contribution in [1.29, 1.82) is 0 Å². The monoisotopic (exact) mass is 458 g/mol. The Balaban J connectivity index is 1.25. The highest BCUT2D eigenvalue weighted by atomic mass is 19.1. The minimum Gasteiger partial charge on any atom is -0.465 e. The van der Waals surface area contributed by atoms with Gasteiger partial charge in [-0.15, -0.1) is 0 Å². The van der Waals surface area contributed by atoms with E-state index in [1.54, 1.807) is 17.0 Å². The van der Waals surface area contributed by atoms with Gasteiger partial charge in [-0.3, -0.25) is 9.69 Å². The van der Waals surface area contributed by atoms with E-state index in [4.69, 9.17) is 0 Å². The molecule has 180 valence electrons. The molecule has 1 aromatic carbocycles.